The molecule has 0 radical (unpaired) electrons. The fourth-order valence-corrected chi connectivity index (χ4v) is 1.47. The third-order valence-electron chi connectivity index (χ3n) is 2.29. The molecule has 0 saturated carbocycles. The third-order valence-corrected chi connectivity index (χ3v) is 2.29. The first kappa shape index (κ1) is 13.4. The molecule has 0 saturated heterocycles. The minimum Gasteiger partial charge on any atom is -0.493 e. The van der Waals surface area contributed by atoms with Crippen LogP contribution in [0.4, 0.5) is 0 Å². The first-order valence-corrected chi connectivity index (χ1v) is 5.75. The summed E-state index contributed by atoms with van der Waals surface area (Å²) in [5, 5.41) is 3.34. The Bertz CT molecular complexity index is 382. The van der Waals surface area contributed by atoms with Gasteiger partial charge in [0.05, 0.1) is 7.11 Å². The molecule has 0 fully saturated rings. The van der Waals surface area contributed by atoms with Crippen molar-refractivity contribution < 1.29 is 9.47 Å². The third kappa shape index (κ3) is 4.38. The van der Waals surface area contributed by atoms with Crippen LogP contribution in [0.1, 0.15) is 18.9 Å². The monoisotopic (exact) mass is 233 g/mol. The maximum Gasteiger partial charge on any atom is 0.162 e. The SMILES string of the molecule is C#CCOc1cc(CNCCC)ccc1OC. The van der Waals surface area contributed by atoms with E-state index in [-0.39, 0.29) is 6.61 Å². The Labute approximate surface area is 103 Å². The minimum atomic E-state index is 0.252. The van der Waals surface area contributed by atoms with Gasteiger partial charge in [-0.15, -0.1) is 6.42 Å². The van der Waals surface area contributed by atoms with Crippen molar-refractivity contribution in [3.63, 3.8) is 0 Å². The van der Waals surface area contributed by atoms with Gasteiger partial charge >= 0.3 is 0 Å². The van der Waals surface area contributed by atoms with Gasteiger partial charge in [-0.25, -0.2) is 0 Å². The van der Waals surface area contributed by atoms with Crippen molar-refractivity contribution in [2.75, 3.05) is 20.3 Å². The van der Waals surface area contributed by atoms with Crippen LogP contribution in [0, 0.1) is 12.3 Å². The van der Waals surface area contributed by atoms with Gasteiger partial charge in [0.15, 0.2) is 11.5 Å². The van der Waals surface area contributed by atoms with Gasteiger partial charge in [-0.05, 0) is 30.7 Å². The molecular formula is C14H19NO2. The van der Waals surface area contributed by atoms with E-state index >= 15 is 0 Å². The summed E-state index contributed by atoms with van der Waals surface area (Å²) >= 11 is 0. The van der Waals surface area contributed by atoms with Crippen molar-refractivity contribution in [1.29, 1.82) is 0 Å². The summed E-state index contributed by atoms with van der Waals surface area (Å²) in [7, 11) is 1.62. The zero-order valence-electron chi connectivity index (χ0n) is 10.5. The zero-order valence-corrected chi connectivity index (χ0v) is 10.5. The second-order valence-electron chi connectivity index (χ2n) is 3.65. The lowest BCUT2D eigenvalue weighted by atomic mass is 10.2. The molecule has 3 heteroatoms. The number of terminal acetylenes is 1. The van der Waals surface area contributed by atoms with Crippen molar-refractivity contribution in [2.45, 2.75) is 19.9 Å². The molecule has 0 aliphatic heterocycles. The maximum atomic E-state index is 5.44. The largest absolute Gasteiger partial charge is 0.493 e. The second kappa shape index (κ2) is 7.59. The minimum absolute atomic E-state index is 0.252. The van der Waals surface area contributed by atoms with Gasteiger partial charge in [0.1, 0.15) is 6.61 Å². The average Bonchev–Trinajstić information content (AvgIpc) is 2.37. The summed E-state index contributed by atoms with van der Waals surface area (Å²) in [5.41, 5.74) is 1.16. The van der Waals surface area contributed by atoms with Gasteiger partial charge < -0.3 is 14.8 Å². The summed E-state index contributed by atoms with van der Waals surface area (Å²) in [6, 6.07) is 5.87. The van der Waals surface area contributed by atoms with E-state index in [0.717, 1.165) is 25.1 Å². The molecule has 0 aliphatic carbocycles. The molecule has 1 aromatic carbocycles. The lowest BCUT2D eigenvalue weighted by molar-refractivity contribution is 0.330. The van der Waals surface area contributed by atoms with Crippen LogP contribution in [0.15, 0.2) is 18.2 Å². The van der Waals surface area contributed by atoms with Crippen molar-refractivity contribution in [3.05, 3.63) is 23.8 Å². The molecule has 0 aliphatic rings. The van der Waals surface area contributed by atoms with Gasteiger partial charge in [-0.3, -0.25) is 0 Å². The van der Waals surface area contributed by atoms with Crippen LogP contribution in [-0.4, -0.2) is 20.3 Å². The van der Waals surface area contributed by atoms with Crippen molar-refractivity contribution in [2.24, 2.45) is 0 Å². The lowest BCUT2D eigenvalue weighted by Crippen LogP contribution is -2.13. The van der Waals surface area contributed by atoms with E-state index in [4.69, 9.17) is 15.9 Å². The van der Waals surface area contributed by atoms with Crippen LogP contribution < -0.4 is 14.8 Å². The van der Waals surface area contributed by atoms with E-state index in [0.29, 0.717) is 11.5 Å². The number of ether oxygens (including phenoxy) is 2. The molecule has 0 spiro atoms. The molecule has 0 bridgehead atoms. The molecular weight excluding hydrogens is 214 g/mol. The van der Waals surface area contributed by atoms with Crippen LogP contribution in [-0.2, 0) is 6.54 Å². The fraction of sp³-hybridized carbons (Fsp3) is 0.429. The van der Waals surface area contributed by atoms with E-state index in [9.17, 15) is 0 Å². The Hall–Kier alpha value is -1.66. The quantitative estimate of drug-likeness (QED) is 0.578. The molecule has 3 nitrogen and oxygen atoms in total. The zero-order chi connectivity index (χ0) is 12.5. The summed E-state index contributed by atoms with van der Waals surface area (Å²) in [4.78, 5) is 0. The summed E-state index contributed by atoms with van der Waals surface area (Å²) in [6.45, 7) is 4.22. The Kier molecular flexibility index (Phi) is 5.98. The van der Waals surface area contributed by atoms with Crippen LogP contribution >= 0.6 is 0 Å². The molecule has 17 heavy (non-hydrogen) atoms. The molecule has 92 valence electrons. The smallest absolute Gasteiger partial charge is 0.162 e. The van der Waals surface area contributed by atoms with Gasteiger partial charge in [0.2, 0.25) is 0 Å². The van der Waals surface area contributed by atoms with Crippen molar-refractivity contribution >= 4 is 0 Å². The number of nitrogens with one attached hydrogen (secondary N) is 1. The van der Waals surface area contributed by atoms with E-state index in [1.807, 2.05) is 18.2 Å². The number of rotatable bonds is 7. The summed E-state index contributed by atoms with van der Waals surface area (Å²) < 4.78 is 10.6. The Morgan fingerprint density at radius 2 is 2.18 bits per heavy atom. The van der Waals surface area contributed by atoms with E-state index < -0.39 is 0 Å². The fourth-order valence-electron chi connectivity index (χ4n) is 1.47. The van der Waals surface area contributed by atoms with Gasteiger partial charge in [-0.1, -0.05) is 18.9 Å². The van der Waals surface area contributed by atoms with Gasteiger partial charge in [0.25, 0.3) is 0 Å². The number of methoxy groups -OCH3 is 1. The molecule has 1 N–H and O–H groups in total. The molecule has 0 aromatic heterocycles. The first-order chi connectivity index (χ1) is 8.31. The Balaban J connectivity index is 2.70. The number of hydrogen-bond donors (Lipinski definition) is 1. The van der Waals surface area contributed by atoms with Crippen molar-refractivity contribution in [1.82, 2.24) is 5.32 Å². The van der Waals surface area contributed by atoms with Crippen LogP contribution in [0.2, 0.25) is 0 Å². The summed E-state index contributed by atoms with van der Waals surface area (Å²) in [6.07, 6.45) is 6.30. The highest BCUT2D eigenvalue weighted by Gasteiger charge is 2.05. The number of benzene rings is 1. The molecule has 1 aromatic rings. The number of hydrogen-bond acceptors (Lipinski definition) is 3. The Morgan fingerprint density at radius 3 is 2.82 bits per heavy atom. The van der Waals surface area contributed by atoms with Crippen LogP contribution in [0.3, 0.4) is 0 Å². The van der Waals surface area contributed by atoms with E-state index in [1.54, 1.807) is 7.11 Å². The highest BCUT2D eigenvalue weighted by Crippen LogP contribution is 2.27. The topological polar surface area (TPSA) is 30.5 Å². The molecule has 1 rings (SSSR count). The molecule has 0 atom stereocenters. The first-order valence-electron chi connectivity index (χ1n) is 5.75. The highest BCUT2D eigenvalue weighted by atomic mass is 16.5. The van der Waals surface area contributed by atoms with E-state index in [2.05, 4.69) is 18.2 Å². The molecule has 0 heterocycles. The standard InChI is InChI=1S/C14H19NO2/c1-4-8-15-11-12-6-7-13(16-3)14(10-12)17-9-5-2/h2,6-7,10,15H,4,8-9,11H2,1,3H3. The normalized spacial score (nSPS) is 9.71. The van der Waals surface area contributed by atoms with Crippen LogP contribution in [0.5, 0.6) is 11.5 Å². The van der Waals surface area contributed by atoms with Gasteiger partial charge in [-0.2, -0.15) is 0 Å². The summed E-state index contributed by atoms with van der Waals surface area (Å²) in [5.74, 6) is 3.85. The predicted octanol–water partition coefficient (Wildman–Crippen LogP) is 2.21. The van der Waals surface area contributed by atoms with Crippen molar-refractivity contribution in [3.8, 4) is 23.8 Å². The predicted molar refractivity (Wildman–Crippen MR) is 69.3 cm³/mol. The lowest BCUT2D eigenvalue weighted by Gasteiger charge is -2.11. The second-order valence-corrected chi connectivity index (χ2v) is 3.65. The van der Waals surface area contributed by atoms with Gasteiger partial charge in [0, 0.05) is 6.54 Å². The molecule has 0 unspecified atom stereocenters. The van der Waals surface area contributed by atoms with E-state index in [1.165, 1.54) is 0 Å². The average molecular weight is 233 g/mol. The highest BCUT2D eigenvalue weighted by molar-refractivity contribution is 5.43. The van der Waals surface area contributed by atoms with Crippen LogP contribution in [0.25, 0.3) is 0 Å². The molecule has 0 amide bonds. The Morgan fingerprint density at radius 1 is 1.35 bits per heavy atom. The maximum absolute atomic E-state index is 5.44.